The molecule has 0 unspecified atom stereocenters. The number of para-hydroxylation sites is 2. The van der Waals surface area contributed by atoms with Crippen molar-refractivity contribution in [2.75, 3.05) is 0 Å². The number of aryl methyl sites for hydroxylation is 2. The first-order chi connectivity index (χ1) is 55.6. The third kappa shape index (κ3) is 8.93. The van der Waals surface area contributed by atoms with Crippen molar-refractivity contribution in [1.82, 2.24) is 14.1 Å². The van der Waals surface area contributed by atoms with E-state index < -0.39 is 212 Å². The molecule has 15 rings (SSSR count). The van der Waals surface area contributed by atoms with E-state index in [0.717, 1.165) is 18.3 Å². The molecule has 0 radical (unpaired) electrons. The molecule has 7 heteroatoms. The van der Waals surface area contributed by atoms with Crippen LogP contribution >= 0.6 is 0 Å². The Morgan fingerprint density at radius 3 is 1.86 bits per heavy atom. The van der Waals surface area contributed by atoms with Crippen LogP contribution in [0.15, 0.2) is 267 Å². The van der Waals surface area contributed by atoms with Gasteiger partial charge in [-0.05, 0) is 114 Å². The van der Waals surface area contributed by atoms with E-state index in [9.17, 15) is 31.5 Å². The molecule has 412 valence electrons. The molecule has 0 atom stereocenters. The molecule has 4 heterocycles. The van der Waals surface area contributed by atoms with Crippen LogP contribution in [0.2, 0.25) is 0 Å². The Hall–Kier alpha value is -9.45. The summed E-state index contributed by atoms with van der Waals surface area (Å²) in [4.78, 5) is 4.47. The summed E-state index contributed by atoms with van der Waals surface area (Å²) in [5.41, 5.74) is -6.69. The van der Waals surface area contributed by atoms with Crippen LogP contribution in [0.5, 0.6) is 11.5 Å². The minimum atomic E-state index is -6.10. The number of benzene rings is 11. The van der Waals surface area contributed by atoms with Crippen LogP contribution < -0.4 is 30.1 Å². The second-order valence-electron chi connectivity index (χ2n) is 19.8. The molecule has 1 aliphatic rings. The normalized spacial score (nSPS) is 18.6. The molecular formula is C78H59N4OPtSi-. The van der Waals surface area contributed by atoms with Crippen molar-refractivity contribution in [3.63, 3.8) is 0 Å². The quantitative estimate of drug-likeness (QED) is 0.0625. The molecule has 0 amide bonds. The third-order valence-electron chi connectivity index (χ3n) is 15.1. The third-order valence-corrected chi connectivity index (χ3v) is 19.3. The molecule has 0 bridgehead atoms. The van der Waals surface area contributed by atoms with Gasteiger partial charge in [-0.1, -0.05) is 232 Å². The SMILES string of the molecule is [2H]c1c([2H])c([2H])c(-c2cc3c4c(c2)n(-c2[c-]c(Oc5[c-]c6c(cc5)c5ccccc5n6-c5cc(C([2H])([2H])[2H])c(C([2H])([2H])[2H])cn5)ccc2)c[n+]4-c2c(cccc2C(C([2H])([2H])[2H])(C([2H])([2H])[2H])C([2H])([2H])[2H])-c2cc([Si](c4c([2H])c([2H])c([2H])c([2H])c4[2H])(c4c([2H])c([2H])c([2H])c([2H])c4[2H])c4c([2H])c([2H])c([2H])c([2H])c4[2H])ccc2-c2ccccc2-3)c([2H])c1[2H].[Pt]. The summed E-state index contributed by atoms with van der Waals surface area (Å²) in [6, 6.07) is 18.7. The zero-order valence-corrected chi connectivity index (χ0v) is 47.1. The van der Waals surface area contributed by atoms with E-state index in [-0.39, 0.29) is 105 Å². The summed E-state index contributed by atoms with van der Waals surface area (Å²) < 4.78 is 333. The van der Waals surface area contributed by atoms with Gasteiger partial charge in [0.15, 0.2) is 19.1 Å². The van der Waals surface area contributed by atoms with Crippen LogP contribution in [0.4, 0.5) is 0 Å². The Bertz CT molecular complexity index is 6420. The molecule has 0 saturated carbocycles. The van der Waals surface area contributed by atoms with E-state index in [4.69, 9.17) is 21.2 Å². The Labute approximate surface area is 561 Å². The molecule has 5 nitrogen and oxygen atoms in total. The molecule has 11 aromatic carbocycles. The minimum absolute atomic E-state index is 0. The monoisotopic (exact) mass is 1330 g/mol. The van der Waals surface area contributed by atoms with Gasteiger partial charge in [0, 0.05) is 87.2 Å². The van der Waals surface area contributed by atoms with E-state index in [0.29, 0.717) is 16.3 Å². The Morgan fingerprint density at radius 2 is 1.15 bits per heavy atom. The first-order valence-electron chi connectivity index (χ1n) is 43.5. The van der Waals surface area contributed by atoms with Crippen LogP contribution in [0.3, 0.4) is 0 Å². The molecule has 1 aliphatic heterocycles. The zero-order chi connectivity index (χ0) is 86.6. The molecule has 0 saturated heterocycles. The van der Waals surface area contributed by atoms with E-state index in [1.54, 1.807) is 65.2 Å². The molecule has 0 N–H and O–H groups in total. The topological polar surface area (TPSA) is 35.9 Å². The maximum Gasteiger partial charge on any atom is 0.253 e. The standard InChI is InChI=1S/C78H59N4OSi.Pt/c1-52-44-75(79-50-53(52)2)82-72-39-21-20-36-66(72)67-42-40-58(48-73(67)82)83-57-27-22-26-56(47-57)80-51-81-76-68(37-23-38-71(76)78(3,4)5)69-49-62(84(59-28-12-7-13-29-59,60-30-14-8-15-31-60)61-32-16-9-17-33-61)41-43-65(69)63-34-18-19-35-64(63)70-45-55(46-74(80)77(70)81)54-24-10-6-11-25-54;/h6-46,49-51H,1-5H3;/q-1;/i1D3,2D3,3D3,4D3,5D3,6D,7D,8D,9D,10D,11D,12D,13D,14D,15D,16D,17D,24D,25D,28D,29D,30D,31D,32D,33D;. The van der Waals surface area contributed by atoms with Gasteiger partial charge >= 0.3 is 0 Å². The summed E-state index contributed by atoms with van der Waals surface area (Å²) in [7, 11) is -6.10. The number of pyridine rings is 1. The number of aromatic nitrogens is 4. The van der Waals surface area contributed by atoms with Gasteiger partial charge < -0.3 is 9.30 Å². The van der Waals surface area contributed by atoms with Gasteiger partial charge in [0.1, 0.15) is 11.5 Å². The fourth-order valence-electron chi connectivity index (χ4n) is 11.5. The number of rotatable bonds is 9. The summed E-state index contributed by atoms with van der Waals surface area (Å²) in [6.07, 6.45) is 2.27. The Kier molecular flexibility index (Phi) is 6.90. The van der Waals surface area contributed by atoms with Crippen molar-refractivity contribution in [1.29, 1.82) is 0 Å². The predicted molar refractivity (Wildman–Crippen MR) is 348 cm³/mol. The molecule has 0 spiro atoms. The number of hydrogen-bond acceptors (Lipinski definition) is 2. The van der Waals surface area contributed by atoms with Crippen LogP contribution in [-0.2, 0) is 26.5 Å². The van der Waals surface area contributed by atoms with Gasteiger partial charge in [-0.25, -0.2) is 9.55 Å². The van der Waals surface area contributed by atoms with E-state index in [1.165, 1.54) is 76.1 Å². The average Bonchev–Trinajstić information content (AvgIpc) is 1.28. The molecular weight excluding hydrogens is 1230 g/mol. The molecule has 0 fully saturated rings. The summed E-state index contributed by atoms with van der Waals surface area (Å²) in [6.45, 7) is -18.1. The van der Waals surface area contributed by atoms with Crippen LogP contribution in [0.25, 0.3) is 94.5 Å². The second kappa shape index (κ2) is 21.3. The van der Waals surface area contributed by atoms with Crippen molar-refractivity contribution < 1.29 is 78.3 Å². The van der Waals surface area contributed by atoms with Crippen LogP contribution in [-0.4, -0.2) is 22.2 Å². The van der Waals surface area contributed by atoms with Gasteiger partial charge in [-0.3, -0.25) is 0 Å². The number of hydrogen-bond donors (Lipinski definition) is 0. The van der Waals surface area contributed by atoms with Gasteiger partial charge in [0.2, 0.25) is 0 Å². The summed E-state index contributed by atoms with van der Waals surface area (Å²) in [5.74, 6) is -0.0979. The fourth-order valence-corrected chi connectivity index (χ4v) is 15.3. The van der Waals surface area contributed by atoms with Gasteiger partial charge in [-0.15, -0.1) is 29.7 Å². The van der Waals surface area contributed by atoms with Gasteiger partial charge in [-0.2, -0.15) is 16.7 Å². The van der Waals surface area contributed by atoms with Gasteiger partial charge in [0.25, 0.3) is 6.33 Å². The Morgan fingerprint density at radius 1 is 0.518 bits per heavy atom. The number of nitrogens with zero attached hydrogens (tertiary/aromatic N) is 4. The van der Waals surface area contributed by atoms with Crippen LogP contribution in [0, 0.1) is 25.8 Å². The molecule has 0 aliphatic carbocycles. The van der Waals surface area contributed by atoms with Crippen molar-refractivity contribution in [3.8, 4) is 73.2 Å². The maximum absolute atomic E-state index is 9.93. The van der Waals surface area contributed by atoms with Gasteiger partial charge in [0.05, 0.1) is 27.4 Å². The number of imidazole rings is 1. The fraction of sp³-hybridized carbons (Fsp3) is 0.0769. The zero-order valence-electron chi connectivity index (χ0n) is 78.9. The largest absolute Gasteiger partial charge is 0.509 e. The maximum atomic E-state index is 9.93. The summed E-state index contributed by atoms with van der Waals surface area (Å²) in [5, 5.41) is -1.99. The molecule has 3 aromatic heterocycles. The van der Waals surface area contributed by atoms with Crippen LogP contribution in [0.1, 0.15) is 85.2 Å². The predicted octanol–water partition coefficient (Wildman–Crippen LogP) is 16.1. The first-order valence-corrected chi connectivity index (χ1v) is 28.0. The minimum Gasteiger partial charge on any atom is -0.509 e. The van der Waals surface area contributed by atoms with Crippen molar-refractivity contribution >= 4 is 61.7 Å². The van der Waals surface area contributed by atoms with E-state index in [1.807, 2.05) is 0 Å². The Balaban J connectivity index is 0.0000118. The smallest absolute Gasteiger partial charge is 0.253 e. The summed E-state index contributed by atoms with van der Waals surface area (Å²) >= 11 is 0. The molecule has 85 heavy (non-hydrogen) atoms. The van der Waals surface area contributed by atoms with E-state index >= 15 is 0 Å². The van der Waals surface area contributed by atoms with Crippen molar-refractivity contribution in [3.05, 3.63) is 296 Å². The molecule has 14 aromatic rings. The number of ether oxygens (including phenoxy) is 1. The first kappa shape index (κ1) is 27.5. The number of fused-ring (bicyclic) bond motifs is 10. The van der Waals surface area contributed by atoms with Crippen molar-refractivity contribution in [2.45, 2.75) is 39.7 Å². The van der Waals surface area contributed by atoms with Crippen molar-refractivity contribution in [2.24, 2.45) is 0 Å². The second-order valence-corrected chi connectivity index (χ2v) is 23.4. The van der Waals surface area contributed by atoms with E-state index in [2.05, 4.69) is 17.1 Å². The average molecular weight is 1330 g/mol.